The third-order valence-corrected chi connectivity index (χ3v) is 4.40. The van der Waals surface area contributed by atoms with Gasteiger partial charge in [-0.3, -0.25) is 4.79 Å². The van der Waals surface area contributed by atoms with E-state index in [-0.39, 0.29) is 5.91 Å². The molecular weight excluding hydrogens is 314 g/mol. The lowest BCUT2D eigenvalue weighted by molar-refractivity contribution is -0.116. The minimum Gasteiger partial charge on any atom is -0.378 e. The maximum atomic E-state index is 12.2. The Morgan fingerprint density at radius 1 is 1.08 bits per heavy atom. The fraction of sp³-hybridized carbons (Fsp3) is 0.350. The Kier molecular flexibility index (Phi) is 5.90. The fourth-order valence-electron chi connectivity index (χ4n) is 2.88. The summed E-state index contributed by atoms with van der Waals surface area (Å²) in [6.45, 7) is 4.05. The summed E-state index contributed by atoms with van der Waals surface area (Å²) >= 11 is 0. The number of benzene rings is 2. The molecule has 1 aliphatic rings. The standard InChI is InChI=1S/C20H25N3O2/c1-22(18-5-3-2-4-6-18)12-11-20(24)21-17-7-9-19(10-8-17)23-13-15-25-16-14-23/h2-10H,11-16H2,1H3,(H,21,24). The van der Waals surface area contributed by atoms with E-state index in [1.807, 2.05) is 49.5 Å². The van der Waals surface area contributed by atoms with Crippen LogP contribution in [0.15, 0.2) is 54.6 Å². The van der Waals surface area contributed by atoms with Gasteiger partial charge in [-0.1, -0.05) is 18.2 Å². The molecule has 132 valence electrons. The van der Waals surface area contributed by atoms with E-state index in [1.54, 1.807) is 0 Å². The minimum atomic E-state index is 0.0295. The van der Waals surface area contributed by atoms with Crippen molar-refractivity contribution in [3.8, 4) is 0 Å². The third kappa shape index (κ3) is 4.97. The Bertz CT molecular complexity index is 667. The zero-order chi connectivity index (χ0) is 17.5. The molecule has 25 heavy (non-hydrogen) atoms. The van der Waals surface area contributed by atoms with Gasteiger partial charge >= 0.3 is 0 Å². The third-order valence-electron chi connectivity index (χ3n) is 4.40. The molecule has 0 bridgehead atoms. The van der Waals surface area contributed by atoms with Gasteiger partial charge in [-0.15, -0.1) is 0 Å². The Labute approximate surface area is 149 Å². The number of amides is 1. The van der Waals surface area contributed by atoms with E-state index in [0.29, 0.717) is 13.0 Å². The van der Waals surface area contributed by atoms with E-state index in [4.69, 9.17) is 4.74 Å². The van der Waals surface area contributed by atoms with Crippen molar-refractivity contribution >= 4 is 23.0 Å². The van der Waals surface area contributed by atoms with Crippen molar-refractivity contribution in [1.82, 2.24) is 0 Å². The van der Waals surface area contributed by atoms with Crippen LogP contribution in [0.25, 0.3) is 0 Å². The summed E-state index contributed by atoms with van der Waals surface area (Å²) in [5, 5.41) is 2.97. The Morgan fingerprint density at radius 2 is 1.76 bits per heavy atom. The lowest BCUT2D eigenvalue weighted by Crippen LogP contribution is -2.36. The Balaban J connectivity index is 1.47. The summed E-state index contributed by atoms with van der Waals surface area (Å²) in [4.78, 5) is 16.6. The van der Waals surface area contributed by atoms with Crippen LogP contribution in [0.4, 0.5) is 17.1 Å². The first kappa shape index (κ1) is 17.3. The highest BCUT2D eigenvalue weighted by Crippen LogP contribution is 2.19. The molecule has 1 heterocycles. The maximum absolute atomic E-state index is 12.2. The number of rotatable bonds is 6. The summed E-state index contributed by atoms with van der Waals surface area (Å²) in [7, 11) is 2.00. The molecule has 1 N–H and O–H groups in total. The number of nitrogens with one attached hydrogen (secondary N) is 1. The second-order valence-electron chi connectivity index (χ2n) is 6.20. The van der Waals surface area contributed by atoms with Gasteiger partial charge in [0.1, 0.15) is 0 Å². The van der Waals surface area contributed by atoms with Crippen LogP contribution >= 0.6 is 0 Å². The summed E-state index contributed by atoms with van der Waals surface area (Å²) in [6.07, 6.45) is 0.455. The lowest BCUT2D eigenvalue weighted by atomic mass is 10.2. The molecule has 0 saturated carbocycles. The van der Waals surface area contributed by atoms with Gasteiger partial charge in [-0.25, -0.2) is 0 Å². The molecule has 5 nitrogen and oxygen atoms in total. The summed E-state index contributed by atoms with van der Waals surface area (Å²) in [6, 6.07) is 18.1. The predicted molar refractivity (Wildman–Crippen MR) is 102 cm³/mol. The monoisotopic (exact) mass is 339 g/mol. The molecule has 2 aromatic carbocycles. The smallest absolute Gasteiger partial charge is 0.226 e. The second-order valence-corrected chi connectivity index (χ2v) is 6.20. The van der Waals surface area contributed by atoms with Gasteiger partial charge in [-0.2, -0.15) is 0 Å². The minimum absolute atomic E-state index is 0.0295. The molecule has 0 unspecified atom stereocenters. The van der Waals surface area contributed by atoms with Crippen LogP contribution in [-0.4, -0.2) is 45.8 Å². The zero-order valence-corrected chi connectivity index (χ0v) is 14.6. The zero-order valence-electron chi connectivity index (χ0n) is 14.6. The van der Waals surface area contributed by atoms with Gasteiger partial charge < -0.3 is 19.9 Å². The number of carbonyl (C=O) groups excluding carboxylic acids is 1. The molecule has 3 rings (SSSR count). The van der Waals surface area contributed by atoms with E-state index in [0.717, 1.165) is 37.7 Å². The van der Waals surface area contributed by atoms with Crippen molar-refractivity contribution in [1.29, 1.82) is 0 Å². The molecule has 1 amide bonds. The van der Waals surface area contributed by atoms with E-state index in [2.05, 4.69) is 27.2 Å². The van der Waals surface area contributed by atoms with Crippen LogP contribution < -0.4 is 15.1 Å². The van der Waals surface area contributed by atoms with Gasteiger partial charge in [0.15, 0.2) is 0 Å². The predicted octanol–water partition coefficient (Wildman–Crippen LogP) is 2.99. The van der Waals surface area contributed by atoms with Gasteiger partial charge in [-0.05, 0) is 36.4 Å². The Hall–Kier alpha value is -2.53. The molecule has 1 fully saturated rings. The van der Waals surface area contributed by atoms with Gasteiger partial charge in [0.25, 0.3) is 0 Å². The summed E-state index contributed by atoms with van der Waals surface area (Å²) in [5.41, 5.74) is 3.12. The number of hydrogen-bond donors (Lipinski definition) is 1. The van der Waals surface area contributed by atoms with E-state index < -0.39 is 0 Å². The van der Waals surface area contributed by atoms with E-state index >= 15 is 0 Å². The van der Waals surface area contributed by atoms with Crippen molar-refractivity contribution in [3.63, 3.8) is 0 Å². The van der Waals surface area contributed by atoms with Gasteiger partial charge in [0.05, 0.1) is 13.2 Å². The van der Waals surface area contributed by atoms with Crippen molar-refractivity contribution in [2.24, 2.45) is 0 Å². The molecule has 0 aliphatic carbocycles. The van der Waals surface area contributed by atoms with E-state index in [1.165, 1.54) is 5.69 Å². The first-order valence-electron chi connectivity index (χ1n) is 8.71. The fourth-order valence-corrected chi connectivity index (χ4v) is 2.88. The highest BCUT2D eigenvalue weighted by Gasteiger charge is 2.11. The molecule has 1 saturated heterocycles. The number of anilines is 3. The van der Waals surface area contributed by atoms with E-state index in [9.17, 15) is 4.79 Å². The maximum Gasteiger partial charge on any atom is 0.226 e. The van der Waals surface area contributed by atoms with Crippen LogP contribution in [0, 0.1) is 0 Å². The van der Waals surface area contributed by atoms with Gasteiger partial charge in [0.2, 0.25) is 5.91 Å². The molecule has 5 heteroatoms. The average molecular weight is 339 g/mol. The topological polar surface area (TPSA) is 44.8 Å². The highest BCUT2D eigenvalue weighted by molar-refractivity contribution is 5.91. The van der Waals surface area contributed by atoms with Crippen molar-refractivity contribution in [2.45, 2.75) is 6.42 Å². The van der Waals surface area contributed by atoms with Crippen LogP contribution in [0.3, 0.4) is 0 Å². The largest absolute Gasteiger partial charge is 0.378 e. The number of hydrogen-bond acceptors (Lipinski definition) is 4. The lowest BCUT2D eigenvalue weighted by Gasteiger charge is -2.28. The number of ether oxygens (including phenoxy) is 1. The molecule has 0 radical (unpaired) electrons. The molecule has 1 aliphatic heterocycles. The quantitative estimate of drug-likeness (QED) is 0.879. The Morgan fingerprint density at radius 3 is 2.44 bits per heavy atom. The first-order chi connectivity index (χ1) is 12.2. The van der Waals surface area contributed by atoms with Crippen LogP contribution in [-0.2, 0) is 9.53 Å². The summed E-state index contributed by atoms with van der Waals surface area (Å²) < 4.78 is 5.37. The van der Waals surface area contributed by atoms with Crippen molar-refractivity contribution < 1.29 is 9.53 Å². The van der Waals surface area contributed by atoms with Crippen molar-refractivity contribution in [3.05, 3.63) is 54.6 Å². The molecule has 0 atom stereocenters. The van der Waals surface area contributed by atoms with Gasteiger partial charge in [0, 0.05) is 50.2 Å². The van der Waals surface area contributed by atoms with Crippen LogP contribution in [0.5, 0.6) is 0 Å². The summed E-state index contributed by atoms with van der Waals surface area (Å²) in [5.74, 6) is 0.0295. The number of morpholine rings is 1. The molecule has 2 aromatic rings. The number of para-hydroxylation sites is 1. The van der Waals surface area contributed by atoms with Crippen molar-refractivity contribution in [2.75, 3.05) is 55.0 Å². The highest BCUT2D eigenvalue weighted by atomic mass is 16.5. The average Bonchev–Trinajstić information content (AvgIpc) is 2.68. The normalized spacial score (nSPS) is 14.2. The van der Waals surface area contributed by atoms with Crippen LogP contribution in [0.2, 0.25) is 0 Å². The number of nitrogens with zero attached hydrogens (tertiary/aromatic N) is 2. The molecular formula is C20H25N3O2. The molecule has 0 spiro atoms. The second kappa shape index (κ2) is 8.53. The molecule has 0 aromatic heterocycles. The number of carbonyl (C=O) groups is 1. The van der Waals surface area contributed by atoms with Crippen LogP contribution in [0.1, 0.15) is 6.42 Å². The SMILES string of the molecule is CN(CCC(=O)Nc1ccc(N2CCOCC2)cc1)c1ccccc1. The first-order valence-corrected chi connectivity index (χ1v) is 8.71.